The zero-order valence-corrected chi connectivity index (χ0v) is 13.1. The van der Waals surface area contributed by atoms with Gasteiger partial charge in [-0.1, -0.05) is 40.2 Å². The molecule has 0 radical (unpaired) electrons. The van der Waals surface area contributed by atoms with E-state index in [1.165, 1.54) is 0 Å². The molecule has 0 aliphatic rings. The Balaban J connectivity index is 2.20. The maximum Gasteiger partial charge on any atom is 0.254 e. The van der Waals surface area contributed by atoms with E-state index in [9.17, 15) is 4.79 Å². The molecule has 0 saturated heterocycles. The summed E-state index contributed by atoms with van der Waals surface area (Å²) in [5.74, 6) is -0.145. The van der Waals surface area contributed by atoms with Crippen LogP contribution in [0.4, 0.5) is 5.69 Å². The minimum Gasteiger partial charge on any atom is -0.398 e. The number of anilines is 1. The zero-order chi connectivity index (χ0) is 14.7. The van der Waals surface area contributed by atoms with E-state index in [2.05, 4.69) is 21.2 Å². The summed E-state index contributed by atoms with van der Waals surface area (Å²) >= 11 is 3.43. The summed E-state index contributed by atoms with van der Waals surface area (Å²) in [6.45, 7) is 3.84. The molecule has 0 aliphatic carbocycles. The highest BCUT2D eigenvalue weighted by atomic mass is 79.9. The molecule has 20 heavy (non-hydrogen) atoms. The molecule has 3 N–H and O–H groups in total. The Morgan fingerprint density at radius 1 is 1.25 bits per heavy atom. The molecule has 1 atom stereocenters. The molecular weight excluding hydrogens is 316 g/mol. The third-order valence-electron chi connectivity index (χ3n) is 3.23. The second kappa shape index (κ2) is 6.09. The lowest BCUT2D eigenvalue weighted by Crippen LogP contribution is -2.28. The second-order valence-corrected chi connectivity index (χ2v) is 5.70. The number of amides is 1. The highest BCUT2D eigenvalue weighted by Gasteiger charge is 2.15. The molecule has 4 heteroatoms. The topological polar surface area (TPSA) is 55.1 Å². The van der Waals surface area contributed by atoms with Gasteiger partial charge < -0.3 is 11.1 Å². The van der Waals surface area contributed by atoms with Crippen molar-refractivity contribution in [2.24, 2.45) is 0 Å². The van der Waals surface area contributed by atoms with Gasteiger partial charge in [-0.2, -0.15) is 0 Å². The summed E-state index contributed by atoms with van der Waals surface area (Å²) in [5.41, 5.74) is 8.87. The minimum atomic E-state index is -0.145. The first-order chi connectivity index (χ1) is 9.49. The quantitative estimate of drug-likeness (QED) is 0.839. The number of benzene rings is 2. The number of hydrogen-bond donors (Lipinski definition) is 2. The summed E-state index contributed by atoms with van der Waals surface area (Å²) in [5, 5.41) is 2.98. The number of carbonyl (C=O) groups is 1. The first-order valence-electron chi connectivity index (χ1n) is 6.40. The highest BCUT2D eigenvalue weighted by molar-refractivity contribution is 9.10. The van der Waals surface area contributed by atoms with Crippen molar-refractivity contribution in [3.8, 4) is 0 Å². The maximum absolute atomic E-state index is 12.4. The van der Waals surface area contributed by atoms with Gasteiger partial charge in [-0.15, -0.1) is 0 Å². The molecule has 2 rings (SSSR count). The number of rotatable bonds is 3. The van der Waals surface area contributed by atoms with E-state index in [4.69, 9.17) is 5.73 Å². The summed E-state index contributed by atoms with van der Waals surface area (Å²) in [4.78, 5) is 12.4. The van der Waals surface area contributed by atoms with Crippen molar-refractivity contribution in [1.82, 2.24) is 5.32 Å². The standard InChI is InChI=1S/C16H17BrN2O/c1-10-5-3-8-14(18)15(10)16(20)19-11(2)12-6-4-7-13(17)9-12/h3-9,11H,18H2,1-2H3,(H,19,20). The molecule has 2 aromatic carbocycles. The molecular formula is C16H17BrN2O. The van der Waals surface area contributed by atoms with Gasteiger partial charge in [-0.05, 0) is 43.2 Å². The van der Waals surface area contributed by atoms with Crippen LogP contribution in [0.2, 0.25) is 0 Å². The van der Waals surface area contributed by atoms with E-state index in [1.807, 2.05) is 50.2 Å². The van der Waals surface area contributed by atoms with Gasteiger partial charge >= 0.3 is 0 Å². The molecule has 1 unspecified atom stereocenters. The monoisotopic (exact) mass is 332 g/mol. The van der Waals surface area contributed by atoms with Crippen molar-refractivity contribution >= 4 is 27.5 Å². The van der Waals surface area contributed by atoms with Crippen molar-refractivity contribution in [3.63, 3.8) is 0 Å². The van der Waals surface area contributed by atoms with Gasteiger partial charge in [0.1, 0.15) is 0 Å². The lowest BCUT2D eigenvalue weighted by Gasteiger charge is -2.16. The van der Waals surface area contributed by atoms with E-state index in [-0.39, 0.29) is 11.9 Å². The van der Waals surface area contributed by atoms with Crippen LogP contribution in [0.15, 0.2) is 46.9 Å². The second-order valence-electron chi connectivity index (χ2n) is 4.79. The Hall–Kier alpha value is -1.81. The fourth-order valence-corrected chi connectivity index (χ4v) is 2.55. The van der Waals surface area contributed by atoms with E-state index in [0.29, 0.717) is 11.3 Å². The maximum atomic E-state index is 12.4. The molecule has 104 valence electrons. The van der Waals surface area contributed by atoms with Crippen molar-refractivity contribution in [2.45, 2.75) is 19.9 Å². The Morgan fingerprint density at radius 2 is 1.95 bits per heavy atom. The fourth-order valence-electron chi connectivity index (χ4n) is 2.13. The molecule has 0 aliphatic heterocycles. The first kappa shape index (κ1) is 14.6. The van der Waals surface area contributed by atoms with E-state index in [1.54, 1.807) is 6.07 Å². The van der Waals surface area contributed by atoms with Crippen LogP contribution in [0, 0.1) is 6.92 Å². The van der Waals surface area contributed by atoms with E-state index < -0.39 is 0 Å². The van der Waals surface area contributed by atoms with Crippen LogP contribution in [-0.4, -0.2) is 5.91 Å². The smallest absolute Gasteiger partial charge is 0.254 e. The number of aryl methyl sites for hydroxylation is 1. The third kappa shape index (κ3) is 3.20. The van der Waals surface area contributed by atoms with Gasteiger partial charge in [0.2, 0.25) is 0 Å². The van der Waals surface area contributed by atoms with Crippen LogP contribution >= 0.6 is 15.9 Å². The van der Waals surface area contributed by atoms with Crippen LogP contribution in [0.3, 0.4) is 0 Å². The van der Waals surface area contributed by atoms with Crippen LogP contribution < -0.4 is 11.1 Å². The Morgan fingerprint density at radius 3 is 2.60 bits per heavy atom. The van der Waals surface area contributed by atoms with Gasteiger partial charge in [0.05, 0.1) is 11.6 Å². The number of halogens is 1. The number of hydrogen-bond acceptors (Lipinski definition) is 2. The summed E-state index contributed by atoms with van der Waals surface area (Å²) < 4.78 is 0.992. The Labute approximate surface area is 127 Å². The average Bonchev–Trinajstić information content (AvgIpc) is 2.38. The lowest BCUT2D eigenvalue weighted by molar-refractivity contribution is 0.0940. The van der Waals surface area contributed by atoms with Crippen molar-refractivity contribution in [2.75, 3.05) is 5.73 Å². The SMILES string of the molecule is Cc1cccc(N)c1C(=O)NC(C)c1cccc(Br)c1. The molecule has 0 aromatic heterocycles. The van der Waals surface area contributed by atoms with Crippen LogP contribution in [0.25, 0.3) is 0 Å². The van der Waals surface area contributed by atoms with Crippen molar-refractivity contribution in [3.05, 3.63) is 63.6 Å². The molecule has 3 nitrogen and oxygen atoms in total. The number of carbonyl (C=O) groups excluding carboxylic acids is 1. The molecule has 0 bridgehead atoms. The van der Waals surface area contributed by atoms with E-state index in [0.717, 1.165) is 15.6 Å². The van der Waals surface area contributed by atoms with E-state index >= 15 is 0 Å². The van der Waals surface area contributed by atoms with Gasteiger partial charge in [0, 0.05) is 10.2 Å². The van der Waals surface area contributed by atoms with Gasteiger partial charge in [-0.25, -0.2) is 0 Å². The lowest BCUT2D eigenvalue weighted by atomic mass is 10.0. The third-order valence-corrected chi connectivity index (χ3v) is 3.72. The molecule has 0 fully saturated rings. The highest BCUT2D eigenvalue weighted by Crippen LogP contribution is 2.20. The van der Waals surface area contributed by atoms with Crippen LogP contribution in [0.1, 0.15) is 34.5 Å². The van der Waals surface area contributed by atoms with Crippen LogP contribution in [-0.2, 0) is 0 Å². The predicted molar refractivity (Wildman–Crippen MR) is 85.6 cm³/mol. The molecule has 2 aromatic rings. The Bertz CT molecular complexity index is 620. The summed E-state index contributed by atoms with van der Waals surface area (Å²) in [7, 11) is 0. The molecule has 0 heterocycles. The van der Waals surface area contributed by atoms with Crippen molar-refractivity contribution < 1.29 is 4.79 Å². The average molecular weight is 333 g/mol. The number of nitrogen functional groups attached to an aromatic ring is 1. The van der Waals surface area contributed by atoms with Gasteiger partial charge in [0.15, 0.2) is 0 Å². The largest absolute Gasteiger partial charge is 0.398 e. The first-order valence-corrected chi connectivity index (χ1v) is 7.19. The van der Waals surface area contributed by atoms with Crippen LogP contribution in [0.5, 0.6) is 0 Å². The molecule has 0 saturated carbocycles. The molecule has 1 amide bonds. The van der Waals surface area contributed by atoms with Gasteiger partial charge in [-0.3, -0.25) is 4.79 Å². The van der Waals surface area contributed by atoms with Crippen molar-refractivity contribution in [1.29, 1.82) is 0 Å². The predicted octanol–water partition coefficient (Wildman–Crippen LogP) is 3.83. The molecule has 0 spiro atoms. The Kier molecular flexibility index (Phi) is 4.45. The van der Waals surface area contributed by atoms with Gasteiger partial charge in [0.25, 0.3) is 5.91 Å². The fraction of sp³-hybridized carbons (Fsp3) is 0.188. The summed E-state index contributed by atoms with van der Waals surface area (Å²) in [6.07, 6.45) is 0. The number of nitrogens with two attached hydrogens (primary N) is 1. The number of nitrogens with one attached hydrogen (secondary N) is 1. The summed E-state index contributed by atoms with van der Waals surface area (Å²) in [6, 6.07) is 13.3. The normalized spacial score (nSPS) is 11.9. The zero-order valence-electron chi connectivity index (χ0n) is 11.5. The minimum absolute atomic E-state index is 0.0843.